The summed E-state index contributed by atoms with van der Waals surface area (Å²) >= 11 is 0. The molecular formula is C17H19N2O2P. The Balaban J connectivity index is 1.81. The molecule has 1 amide bonds. The number of pyridine rings is 1. The third-order valence-electron chi connectivity index (χ3n) is 3.91. The van der Waals surface area contributed by atoms with Crippen LogP contribution in [0.4, 0.5) is 5.69 Å². The standard InChI is InChI=1S/C17H19N2O2P/c1-22(2,21)15-7-4-6-14(10-15)19-17(20)13-9-12-5-3-8-16(12)18-11-13/h4,6-7,9-11H,3,5,8H2,1-2H3,(H,19,20). The molecule has 0 bridgehead atoms. The van der Waals surface area contributed by atoms with Crippen LogP contribution in [0.25, 0.3) is 0 Å². The van der Waals surface area contributed by atoms with E-state index in [1.807, 2.05) is 18.2 Å². The maximum Gasteiger partial charge on any atom is 0.257 e. The Bertz CT molecular complexity index is 780. The van der Waals surface area contributed by atoms with Crippen molar-refractivity contribution in [2.45, 2.75) is 19.3 Å². The summed E-state index contributed by atoms with van der Waals surface area (Å²) in [7, 11) is -2.34. The zero-order valence-electron chi connectivity index (χ0n) is 12.8. The Labute approximate surface area is 130 Å². The molecule has 114 valence electrons. The number of carbonyl (C=O) groups excluding carboxylic acids is 1. The summed E-state index contributed by atoms with van der Waals surface area (Å²) in [5.74, 6) is -0.179. The quantitative estimate of drug-likeness (QED) is 0.886. The summed E-state index contributed by atoms with van der Waals surface area (Å²) in [6.07, 6.45) is 4.74. The number of fused-ring (bicyclic) bond motifs is 1. The lowest BCUT2D eigenvalue weighted by Crippen LogP contribution is -2.14. The number of nitrogens with zero attached hydrogens (tertiary/aromatic N) is 1. The van der Waals surface area contributed by atoms with Crippen LogP contribution < -0.4 is 10.6 Å². The van der Waals surface area contributed by atoms with Crippen molar-refractivity contribution in [2.24, 2.45) is 0 Å². The number of aryl methyl sites for hydroxylation is 2. The smallest absolute Gasteiger partial charge is 0.257 e. The molecule has 4 nitrogen and oxygen atoms in total. The number of nitrogens with one attached hydrogen (secondary N) is 1. The molecular weight excluding hydrogens is 295 g/mol. The van der Waals surface area contributed by atoms with E-state index < -0.39 is 7.14 Å². The topological polar surface area (TPSA) is 59.1 Å². The lowest BCUT2D eigenvalue weighted by Gasteiger charge is -2.10. The van der Waals surface area contributed by atoms with Crippen molar-refractivity contribution in [3.8, 4) is 0 Å². The molecule has 1 heterocycles. The molecule has 22 heavy (non-hydrogen) atoms. The zero-order chi connectivity index (χ0) is 15.7. The van der Waals surface area contributed by atoms with Gasteiger partial charge >= 0.3 is 0 Å². The average Bonchev–Trinajstić information content (AvgIpc) is 2.94. The molecule has 1 N–H and O–H groups in total. The molecule has 3 rings (SSSR count). The van der Waals surface area contributed by atoms with E-state index in [1.54, 1.807) is 31.7 Å². The molecule has 0 aliphatic heterocycles. The SMILES string of the molecule is CP(C)(=O)c1cccc(NC(=O)c2cnc3c(c2)CCC3)c1. The molecule has 0 saturated heterocycles. The number of hydrogen-bond donors (Lipinski definition) is 1. The number of aromatic nitrogens is 1. The highest BCUT2D eigenvalue weighted by molar-refractivity contribution is 7.70. The third-order valence-corrected chi connectivity index (χ3v) is 5.43. The van der Waals surface area contributed by atoms with Gasteiger partial charge in [-0.3, -0.25) is 9.78 Å². The lowest BCUT2D eigenvalue weighted by atomic mass is 10.1. The van der Waals surface area contributed by atoms with Crippen LogP contribution in [0.5, 0.6) is 0 Å². The van der Waals surface area contributed by atoms with Crippen molar-refractivity contribution in [1.82, 2.24) is 4.98 Å². The fourth-order valence-corrected chi connectivity index (χ4v) is 3.57. The normalized spacial score (nSPS) is 13.7. The summed E-state index contributed by atoms with van der Waals surface area (Å²) in [5, 5.41) is 3.62. The molecule has 1 aliphatic rings. The van der Waals surface area contributed by atoms with Gasteiger partial charge in [0.1, 0.15) is 7.14 Å². The first-order valence-corrected chi connectivity index (χ1v) is 9.98. The van der Waals surface area contributed by atoms with Gasteiger partial charge in [-0.15, -0.1) is 0 Å². The van der Waals surface area contributed by atoms with Crippen molar-refractivity contribution in [2.75, 3.05) is 18.6 Å². The Hall–Kier alpha value is -1.93. The number of anilines is 1. The van der Waals surface area contributed by atoms with Gasteiger partial charge in [0.15, 0.2) is 0 Å². The minimum Gasteiger partial charge on any atom is -0.322 e. The van der Waals surface area contributed by atoms with Gasteiger partial charge in [-0.05, 0) is 56.4 Å². The lowest BCUT2D eigenvalue weighted by molar-refractivity contribution is 0.102. The molecule has 0 spiro atoms. The highest BCUT2D eigenvalue weighted by Crippen LogP contribution is 2.35. The summed E-state index contributed by atoms with van der Waals surface area (Å²) < 4.78 is 12.1. The van der Waals surface area contributed by atoms with Gasteiger partial charge in [0.05, 0.1) is 5.56 Å². The largest absolute Gasteiger partial charge is 0.322 e. The summed E-state index contributed by atoms with van der Waals surface area (Å²) in [5.41, 5.74) is 3.51. The summed E-state index contributed by atoms with van der Waals surface area (Å²) in [6, 6.07) is 9.15. The van der Waals surface area contributed by atoms with Gasteiger partial charge in [0.2, 0.25) is 0 Å². The minimum atomic E-state index is -2.34. The molecule has 0 unspecified atom stereocenters. The number of amides is 1. The number of hydrogen-bond acceptors (Lipinski definition) is 3. The van der Waals surface area contributed by atoms with Gasteiger partial charge in [-0.25, -0.2) is 0 Å². The first-order chi connectivity index (χ1) is 10.4. The molecule has 1 aromatic carbocycles. The highest BCUT2D eigenvalue weighted by Gasteiger charge is 2.16. The van der Waals surface area contributed by atoms with E-state index in [0.717, 1.165) is 30.3 Å². The third kappa shape index (κ3) is 3.12. The van der Waals surface area contributed by atoms with Crippen LogP contribution in [-0.2, 0) is 17.4 Å². The molecule has 0 saturated carbocycles. The van der Waals surface area contributed by atoms with Crippen LogP contribution in [0.3, 0.4) is 0 Å². The van der Waals surface area contributed by atoms with Crippen LogP contribution in [0.15, 0.2) is 36.5 Å². The van der Waals surface area contributed by atoms with E-state index in [1.165, 1.54) is 5.56 Å². The second-order valence-electron chi connectivity index (χ2n) is 6.04. The van der Waals surface area contributed by atoms with Crippen molar-refractivity contribution in [3.05, 3.63) is 53.3 Å². The average molecular weight is 314 g/mol. The first kappa shape index (κ1) is 15.0. The van der Waals surface area contributed by atoms with E-state index in [-0.39, 0.29) is 5.91 Å². The van der Waals surface area contributed by atoms with E-state index in [0.29, 0.717) is 11.3 Å². The number of carbonyl (C=O) groups is 1. The van der Waals surface area contributed by atoms with Crippen LogP contribution in [0.1, 0.15) is 28.0 Å². The minimum absolute atomic E-state index is 0.179. The van der Waals surface area contributed by atoms with Crippen molar-refractivity contribution < 1.29 is 9.36 Å². The van der Waals surface area contributed by atoms with E-state index in [9.17, 15) is 9.36 Å². The van der Waals surface area contributed by atoms with Gasteiger partial charge in [0.25, 0.3) is 5.91 Å². The number of rotatable bonds is 3. The maximum absolute atomic E-state index is 12.4. The van der Waals surface area contributed by atoms with E-state index >= 15 is 0 Å². The van der Waals surface area contributed by atoms with Crippen molar-refractivity contribution >= 4 is 24.0 Å². The predicted molar refractivity (Wildman–Crippen MR) is 89.7 cm³/mol. The molecule has 1 aliphatic carbocycles. The first-order valence-electron chi connectivity index (χ1n) is 7.38. The molecule has 0 fully saturated rings. The van der Waals surface area contributed by atoms with Gasteiger partial charge in [-0.1, -0.05) is 12.1 Å². The monoisotopic (exact) mass is 314 g/mol. The summed E-state index contributed by atoms with van der Waals surface area (Å²) in [6.45, 7) is 3.44. The van der Waals surface area contributed by atoms with Crippen LogP contribution in [0, 0.1) is 0 Å². The Morgan fingerprint density at radius 1 is 1.23 bits per heavy atom. The summed E-state index contributed by atoms with van der Waals surface area (Å²) in [4.78, 5) is 16.7. The molecule has 2 aromatic rings. The zero-order valence-corrected chi connectivity index (χ0v) is 13.7. The fraction of sp³-hybridized carbons (Fsp3) is 0.294. The van der Waals surface area contributed by atoms with E-state index in [4.69, 9.17) is 0 Å². The van der Waals surface area contributed by atoms with Crippen molar-refractivity contribution in [3.63, 3.8) is 0 Å². The Morgan fingerprint density at radius 3 is 2.82 bits per heavy atom. The number of benzene rings is 1. The predicted octanol–water partition coefficient (Wildman–Crippen LogP) is 3.07. The van der Waals surface area contributed by atoms with Crippen LogP contribution >= 0.6 is 7.14 Å². The molecule has 1 aromatic heterocycles. The second kappa shape index (κ2) is 5.69. The molecule has 5 heteroatoms. The Morgan fingerprint density at radius 2 is 2.05 bits per heavy atom. The molecule has 0 radical (unpaired) electrons. The van der Waals surface area contributed by atoms with E-state index in [2.05, 4.69) is 10.3 Å². The highest BCUT2D eigenvalue weighted by atomic mass is 31.2. The van der Waals surface area contributed by atoms with Crippen LogP contribution in [0.2, 0.25) is 0 Å². The van der Waals surface area contributed by atoms with Crippen molar-refractivity contribution in [1.29, 1.82) is 0 Å². The molecule has 0 atom stereocenters. The van der Waals surface area contributed by atoms with Gasteiger partial charge in [0, 0.05) is 22.9 Å². The Kier molecular flexibility index (Phi) is 3.88. The van der Waals surface area contributed by atoms with Gasteiger partial charge in [-0.2, -0.15) is 0 Å². The maximum atomic E-state index is 12.4. The second-order valence-corrected chi connectivity index (χ2v) is 9.26. The van der Waals surface area contributed by atoms with Gasteiger partial charge < -0.3 is 9.88 Å². The van der Waals surface area contributed by atoms with Crippen LogP contribution in [-0.4, -0.2) is 24.2 Å². The fourth-order valence-electron chi connectivity index (χ4n) is 2.67.